The van der Waals surface area contributed by atoms with Crippen molar-refractivity contribution in [1.29, 1.82) is 0 Å². The van der Waals surface area contributed by atoms with Crippen LogP contribution in [-0.4, -0.2) is 24.0 Å². The largest absolute Gasteiger partial charge is 0.329 e. The normalized spacial score (nSPS) is 21.7. The summed E-state index contributed by atoms with van der Waals surface area (Å²) < 4.78 is 0. The quantitative estimate of drug-likeness (QED) is 0.868. The third-order valence-corrected chi connectivity index (χ3v) is 3.90. The fourth-order valence-electron chi connectivity index (χ4n) is 2.72. The summed E-state index contributed by atoms with van der Waals surface area (Å²) in [6, 6.07) is 7.32. The van der Waals surface area contributed by atoms with Gasteiger partial charge in [0, 0.05) is 19.1 Å². The highest BCUT2D eigenvalue weighted by atomic mass is 15.2. The summed E-state index contributed by atoms with van der Waals surface area (Å²) in [6.07, 6.45) is 3.92. The molecule has 0 saturated carbocycles. The fourth-order valence-corrected chi connectivity index (χ4v) is 2.72. The number of piperidine rings is 1. The van der Waals surface area contributed by atoms with E-state index in [-0.39, 0.29) is 0 Å². The first-order chi connectivity index (χ1) is 8.20. The lowest BCUT2D eigenvalue weighted by molar-refractivity contribution is 0.144. The lowest BCUT2D eigenvalue weighted by Crippen LogP contribution is -2.43. The molecule has 0 aromatic heterocycles. The van der Waals surface area contributed by atoms with Crippen molar-refractivity contribution in [3.63, 3.8) is 0 Å². The average Bonchev–Trinajstić information content (AvgIpc) is 2.34. The molecular weight excluding hydrogens is 208 g/mol. The molecule has 2 rings (SSSR count). The first-order valence-electron chi connectivity index (χ1n) is 6.71. The van der Waals surface area contributed by atoms with Crippen molar-refractivity contribution in [2.75, 3.05) is 13.1 Å². The molecule has 1 unspecified atom stereocenters. The van der Waals surface area contributed by atoms with Crippen LogP contribution in [0.25, 0.3) is 0 Å². The van der Waals surface area contributed by atoms with Gasteiger partial charge in [-0.1, -0.05) is 30.2 Å². The zero-order valence-corrected chi connectivity index (χ0v) is 11.1. The monoisotopic (exact) mass is 232 g/mol. The molecule has 0 spiro atoms. The first kappa shape index (κ1) is 12.6. The summed E-state index contributed by atoms with van der Waals surface area (Å²) in [5.74, 6) is 0. The summed E-state index contributed by atoms with van der Waals surface area (Å²) >= 11 is 0. The highest BCUT2D eigenvalue weighted by Gasteiger charge is 2.21. The van der Waals surface area contributed by atoms with E-state index in [0.717, 1.165) is 13.1 Å². The minimum atomic E-state index is 0.587. The Morgan fingerprint density at radius 2 is 2.12 bits per heavy atom. The van der Waals surface area contributed by atoms with E-state index in [1.807, 2.05) is 0 Å². The van der Waals surface area contributed by atoms with Gasteiger partial charge in [-0.2, -0.15) is 0 Å². The molecule has 0 aliphatic carbocycles. The summed E-state index contributed by atoms with van der Waals surface area (Å²) in [7, 11) is 0. The van der Waals surface area contributed by atoms with Crippen LogP contribution in [0.1, 0.15) is 36.0 Å². The molecular formula is C15H24N2. The first-order valence-corrected chi connectivity index (χ1v) is 6.71. The maximum absolute atomic E-state index is 5.87. The third-order valence-electron chi connectivity index (χ3n) is 3.90. The summed E-state index contributed by atoms with van der Waals surface area (Å²) in [4.78, 5) is 2.56. The predicted molar refractivity (Wildman–Crippen MR) is 73.0 cm³/mol. The van der Waals surface area contributed by atoms with Gasteiger partial charge in [-0.05, 0) is 44.4 Å². The molecule has 94 valence electrons. The van der Waals surface area contributed by atoms with Gasteiger partial charge >= 0.3 is 0 Å². The van der Waals surface area contributed by atoms with Crippen molar-refractivity contribution in [1.82, 2.24) is 4.90 Å². The molecule has 1 aliphatic heterocycles. The van der Waals surface area contributed by atoms with Crippen LogP contribution in [0, 0.1) is 13.8 Å². The number of nitrogens with zero attached hydrogens (tertiary/aromatic N) is 1. The fraction of sp³-hybridized carbons (Fsp3) is 0.600. The molecule has 1 saturated heterocycles. The van der Waals surface area contributed by atoms with Crippen molar-refractivity contribution < 1.29 is 0 Å². The number of likely N-dealkylation sites (tertiary alicyclic amines) is 1. The van der Waals surface area contributed by atoms with Crippen molar-refractivity contribution in [3.8, 4) is 0 Å². The Hall–Kier alpha value is -0.860. The van der Waals surface area contributed by atoms with E-state index in [9.17, 15) is 0 Å². The van der Waals surface area contributed by atoms with E-state index < -0.39 is 0 Å². The molecule has 0 amide bonds. The number of nitrogens with two attached hydrogens (primary N) is 1. The summed E-state index contributed by atoms with van der Waals surface area (Å²) in [6.45, 7) is 7.44. The van der Waals surface area contributed by atoms with E-state index >= 15 is 0 Å². The van der Waals surface area contributed by atoms with Gasteiger partial charge in [0.25, 0.3) is 0 Å². The third kappa shape index (κ3) is 3.08. The van der Waals surface area contributed by atoms with E-state index in [1.165, 1.54) is 42.5 Å². The molecule has 1 heterocycles. The lowest BCUT2D eigenvalue weighted by Gasteiger charge is -2.35. The van der Waals surface area contributed by atoms with Crippen LogP contribution < -0.4 is 5.73 Å². The Labute approximate surface area is 105 Å². The van der Waals surface area contributed by atoms with Gasteiger partial charge in [0.15, 0.2) is 0 Å². The summed E-state index contributed by atoms with van der Waals surface area (Å²) in [5, 5.41) is 0. The molecule has 1 fully saturated rings. The zero-order chi connectivity index (χ0) is 12.3. The predicted octanol–water partition coefficient (Wildman–Crippen LogP) is 2.62. The Balaban J connectivity index is 2.10. The zero-order valence-electron chi connectivity index (χ0n) is 11.1. The molecule has 2 N–H and O–H groups in total. The van der Waals surface area contributed by atoms with Crippen molar-refractivity contribution in [2.24, 2.45) is 5.73 Å². The van der Waals surface area contributed by atoms with Crippen LogP contribution in [-0.2, 0) is 6.54 Å². The SMILES string of the molecule is Cc1ccc(C)c(CN2CCCCC2CN)c1. The molecule has 2 nitrogen and oxygen atoms in total. The van der Waals surface area contributed by atoms with Crippen LogP contribution in [0.2, 0.25) is 0 Å². The van der Waals surface area contributed by atoms with E-state index in [0.29, 0.717) is 6.04 Å². The number of hydrogen-bond donors (Lipinski definition) is 1. The van der Waals surface area contributed by atoms with Crippen LogP contribution in [0.5, 0.6) is 0 Å². The van der Waals surface area contributed by atoms with Crippen LogP contribution in [0.3, 0.4) is 0 Å². The lowest BCUT2D eigenvalue weighted by atomic mass is 9.99. The maximum Gasteiger partial charge on any atom is 0.0239 e. The van der Waals surface area contributed by atoms with Gasteiger partial charge in [0.1, 0.15) is 0 Å². The summed E-state index contributed by atoms with van der Waals surface area (Å²) in [5.41, 5.74) is 10.1. The van der Waals surface area contributed by atoms with Gasteiger partial charge in [-0.3, -0.25) is 4.90 Å². The Bertz CT molecular complexity index is 373. The number of aryl methyl sites for hydroxylation is 2. The average molecular weight is 232 g/mol. The van der Waals surface area contributed by atoms with E-state index in [4.69, 9.17) is 5.73 Å². The molecule has 1 aliphatic rings. The van der Waals surface area contributed by atoms with Crippen LogP contribution >= 0.6 is 0 Å². The molecule has 2 heteroatoms. The molecule has 0 radical (unpaired) electrons. The maximum atomic E-state index is 5.87. The Morgan fingerprint density at radius 1 is 1.29 bits per heavy atom. The molecule has 17 heavy (non-hydrogen) atoms. The number of benzene rings is 1. The molecule has 1 aromatic rings. The van der Waals surface area contributed by atoms with Crippen LogP contribution in [0.15, 0.2) is 18.2 Å². The standard InChI is InChI=1S/C15H24N2/c1-12-6-7-13(2)14(9-12)11-17-8-4-3-5-15(17)10-16/h6-7,9,15H,3-5,8,10-11,16H2,1-2H3. The molecule has 1 atom stereocenters. The minimum Gasteiger partial charge on any atom is -0.329 e. The van der Waals surface area contributed by atoms with Gasteiger partial charge in [0.05, 0.1) is 0 Å². The highest BCUT2D eigenvalue weighted by Crippen LogP contribution is 2.21. The highest BCUT2D eigenvalue weighted by molar-refractivity contribution is 5.30. The number of rotatable bonds is 3. The topological polar surface area (TPSA) is 29.3 Å². The smallest absolute Gasteiger partial charge is 0.0239 e. The van der Waals surface area contributed by atoms with Gasteiger partial charge in [-0.25, -0.2) is 0 Å². The number of hydrogen-bond acceptors (Lipinski definition) is 2. The van der Waals surface area contributed by atoms with Crippen molar-refractivity contribution in [3.05, 3.63) is 34.9 Å². The minimum absolute atomic E-state index is 0.587. The van der Waals surface area contributed by atoms with Gasteiger partial charge < -0.3 is 5.73 Å². The Morgan fingerprint density at radius 3 is 2.88 bits per heavy atom. The van der Waals surface area contributed by atoms with E-state index in [1.54, 1.807) is 0 Å². The van der Waals surface area contributed by atoms with Crippen molar-refractivity contribution >= 4 is 0 Å². The second-order valence-corrected chi connectivity index (χ2v) is 5.29. The second kappa shape index (κ2) is 5.65. The van der Waals surface area contributed by atoms with Crippen molar-refractivity contribution in [2.45, 2.75) is 45.7 Å². The second-order valence-electron chi connectivity index (χ2n) is 5.29. The van der Waals surface area contributed by atoms with Crippen LogP contribution in [0.4, 0.5) is 0 Å². The Kier molecular flexibility index (Phi) is 4.19. The van der Waals surface area contributed by atoms with E-state index in [2.05, 4.69) is 36.9 Å². The van der Waals surface area contributed by atoms with Gasteiger partial charge in [0.2, 0.25) is 0 Å². The van der Waals surface area contributed by atoms with Gasteiger partial charge in [-0.15, -0.1) is 0 Å². The molecule has 1 aromatic carbocycles. The molecule has 0 bridgehead atoms.